The summed E-state index contributed by atoms with van der Waals surface area (Å²) < 4.78 is 63.8. The lowest BCUT2D eigenvalue weighted by Crippen LogP contribution is -2.45. The van der Waals surface area contributed by atoms with Gasteiger partial charge in [0.05, 0.1) is 16.9 Å². The molecule has 1 N–H and O–H groups in total. The fourth-order valence-electron chi connectivity index (χ4n) is 2.70. The van der Waals surface area contributed by atoms with Crippen LogP contribution in [0.4, 0.5) is 0 Å². The van der Waals surface area contributed by atoms with Gasteiger partial charge in [-0.2, -0.15) is 4.72 Å². The Labute approximate surface area is 189 Å². The topological polar surface area (TPSA) is 119 Å². The summed E-state index contributed by atoms with van der Waals surface area (Å²) in [5.41, 5.74) is 0.460. The first kappa shape index (κ1) is 25.8. The highest BCUT2D eigenvalue weighted by Crippen LogP contribution is 2.18. The van der Waals surface area contributed by atoms with Crippen molar-refractivity contribution in [1.29, 1.82) is 0 Å². The number of methoxy groups -OCH3 is 1. The molecule has 2 aromatic rings. The second-order valence-corrected chi connectivity index (χ2v) is 11.4. The highest BCUT2D eigenvalue weighted by atomic mass is 32.2. The molecule has 9 nitrogen and oxygen atoms in total. The molecule has 0 amide bonds. The van der Waals surface area contributed by atoms with E-state index in [1.54, 1.807) is 26.0 Å². The van der Waals surface area contributed by atoms with Crippen LogP contribution in [0.15, 0.2) is 58.3 Å². The van der Waals surface area contributed by atoms with E-state index in [9.17, 15) is 21.6 Å². The average molecular weight is 485 g/mol. The van der Waals surface area contributed by atoms with Crippen LogP contribution in [-0.4, -0.2) is 54.4 Å². The Kier molecular flexibility index (Phi) is 8.41. The molecule has 0 saturated carbocycles. The first-order valence-electron chi connectivity index (χ1n) is 9.73. The number of esters is 1. The van der Waals surface area contributed by atoms with Crippen molar-refractivity contribution < 1.29 is 31.1 Å². The molecule has 2 rings (SSSR count). The van der Waals surface area contributed by atoms with E-state index in [0.717, 1.165) is 4.31 Å². The molecule has 0 spiro atoms. The number of nitrogens with zero attached hydrogens (tertiary/aromatic N) is 1. The van der Waals surface area contributed by atoms with Gasteiger partial charge in [-0.25, -0.2) is 21.1 Å². The van der Waals surface area contributed by atoms with Gasteiger partial charge < -0.3 is 9.47 Å². The number of rotatable bonds is 10. The zero-order valence-corrected chi connectivity index (χ0v) is 20.2. The highest BCUT2D eigenvalue weighted by molar-refractivity contribution is 7.89. The number of hydrogen-bond donors (Lipinski definition) is 1. The molecule has 32 heavy (non-hydrogen) atoms. The van der Waals surface area contributed by atoms with Crippen molar-refractivity contribution in [3.05, 3.63) is 54.1 Å². The third-order valence-electron chi connectivity index (χ3n) is 4.63. The molecule has 0 aliphatic carbocycles. The number of hydrogen-bond acceptors (Lipinski definition) is 7. The predicted molar refractivity (Wildman–Crippen MR) is 119 cm³/mol. The van der Waals surface area contributed by atoms with Crippen molar-refractivity contribution in [2.45, 2.75) is 36.3 Å². The van der Waals surface area contributed by atoms with Gasteiger partial charge in [0.2, 0.25) is 20.0 Å². The molecule has 11 heteroatoms. The van der Waals surface area contributed by atoms with Crippen LogP contribution >= 0.6 is 0 Å². The molecule has 176 valence electrons. The van der Waals surface area contributed by atoms with Crippen LogP contribution in [0.1, 0.15) is 19.4 Å². The van der Waals surface area contributed by atoms with Crippen molar-refractivity contribution in [2.75, 3.05) is 21.2 Å². The fourth-order valence-corrected chi connectivity index (χ4v) is 5.00. The molecule has 0 saturated heterocycles. The molecule has 0 bridgehead atoms. The molecule has 0 heterocycles. The maximum absolute atomic E-state index is 12.7. The maximum atomic E-state index is 12.7. The lowest BCUT2D eigenvalue weighted by Gasteiger charge is -2.21. The summed E-state index contributed by atoms with van der Waals surface area (Å²) in [5.74, 6) is -0.656. The smallest absolute Gasteiger partial charge is 0.324 e. The standard InChI is InChI=1S/C21H28N2O7S2/c1-15(2)20(22-31(25,26)18-11-9-17(29-5)10-12-18)21(24)30-14-16-7-6-8-19(13-16)32(27,28)23(3)4/h6-13,15,20,22H,14H2,1-5H3. The first-order valence-corrected chi connectivity index (χ1v) is 12.7. The van der Waals surface area contributed by atoms with Gasteiger partial charge in [-0.1, -0.05) is 26.0 Å². The molecule has 2 aromatic carbocycles. The van der Waals surface area contributed by atoms with Gasteiger partial charge in [0.25, 0.3) is 0 Å². The molecule has 0 aromatic heterocycles. The number of ether oxygens (including phenoxy) is 2. The summed E-state index contributed by atoms with van der Waals surface area (Å²) in [6.07, 6.45) is 0. The number of carbonyl (C=O) groups excluding carboxylic acids is 1. The SMILES string of the molecule is COc1ccc(S(=O)(=O)NC(C(=O)OCc2cccc(S(=O)(=O)N(C)C)c2)C(C)C)cc1. The first-order chi connectivity index (χ1) is 14.9. The zero-order chi connectivity index (χ0) is 24.1. The van der Waals surface area contributed by atoms with Crippen molar-refractivity contribution in [3.63, 3.8) is 0 Å². The van der Waals surface area contributed by atoms with Crippen LogP contribution in [0.2, 0.25) is 0 Å². The minimum absolute atomic E-state index is 0.0154. The van der Waals surface area contributed by atoms with E-state index in [-0.39, 0.29) is 16.4 Å². The van der Waals surface area contributed by atoms with E-state index < -0.39 is 38.0 Å². The van der Waals surface area contributed by atoms with Crippen LogP contribution in [0.3, 0.4) is 0 Å². The van der Waals surface area contributed by atoms with Crippen molar-refractivity contribution in [3.8, 4) is 5.75 Å². The lowest BCUT2D eigenvalue weighted by atomic mass is 10.1. The molecule has 1 atom stereocenters. The molecule has 0 fully saturated rings. The molecule has 0 aliphatic heterocycles. The molecule has 1 unspecified atom stereocenters. The minimum atomic E-state index is -3.98. The monoisotopic (exact) mass is 484 g/mol. The van der Waals surface area contributed by atoms with E-state index in [1.807, 2.05) is 0 Å². The normalized spacial score (nSPS) is 13.2. The van der Waals surface area contributed by atoms with Crippen LogP contribution in [0.25, 0.3) is 0 Å². The maximum Gasteiger partial charge on any atom is 0.324 e. The third kappa shape index (κ3) is 6.28. The van der Waals surface area contributed by atoms with Crippen LogP contribution in [0, 0.1) is 5.92 Å². The Morgan fingerprint density at radius 1 is 1.00 bits per heavy atom. The number of sulfonamides is 2. The molecule has 0 radical (unpaired) electrons. The van der Waals surface area contributed by atoms with Crippen LogP contribution in [0.5, 0.6) is 5.75 Å². The van der Waals surface area contributed by atoms with Gasteiger partial charge in [-0.3, -0.25) is 4.79 Å². The van der Waals surface area contributed by atoms with E-state index in [1.165, 1.54) is 57.6 Å². The predicted octanol–water partition coefficient (Wildman–Crippen LogP) is 1.99. The second kappa shape index (κ2) is 10.4. The van der Waals surface area contributed by atoms with Crippen LogP contribution < -0.4 is 9.46 Å². The molecule has 0 aliphatic rings. The fraction of sp³-hybridized carbons (Fsp3) is 0.381. The number of carbonyl (C=O) groups is 1. The Bertz CT molecular complexity index is 1140. The van der Waals surface area contributed by atoms with Crippen molar-refractivity contribution >= 4 is 26.0 Å². The Balaban J connectivity index is 2.14. The Morgan fingerprint density at radius 3 is 2.16 bits per heavy atom. The summed E-state index contributed by atoms with van der Waals surface area (Å²) in [5, 5.41) is 0. The minimum Gasteiger partial charge on any atom is -0.497 e. The second-order valence-electron chi connectivity index (χ2n) is 7.56. The van der Waals surface area contributed by atoms with E-state index in [0.29, 0.717) is 11.3 Å². The Morgan fingerprint density at radius 2 is 1.62 bits per heavy atom. The van der Waals surface area contributed by atoms with Gasteiger partial charge >= 0.3 is 5.97 Å². The van der Waals surface area contributed by atoms with Gasteiger partial charge in [-0.15, -0.1) is 0 Å². The zero-order valence-electron chi connectivity index (χ0n) is 18.6. The highest BCUT2D eigenvalue weighted by Gasteiger charge is 2.30. The summed E-state index contributed by atoms with van der Waals surface area (Å²) >= 11 is 0. The van der Waals surface area contributed by atoms with Gasteiger partial charge in [-0.05, 0) is 47.9 Å². The molecular weight excluding hydrogens is 456 g/mol. The summed E-state index contributed by atoms with van der Waals surface area (Å²) in [4.78, 5) is 12.7. The van der Waals surface area contributed by atoms with E-state index in [4.69, 9.17) is 9.47 Å². The van der Waals surface area contributed by atoms with E-state index >= 15 is 0 Å². The van der Waals surface area contributed by atoms with Gasteiger partial charge in [0, 0.05) is 14.1 Å². The number of nitrogens with one attached hydrogen (secondary N) is 1. The summed E-state index contributed by atoms with van der Waals surface area (Å²) in [6, 6.07) is 10.7. The number of benzene rings is 2. The summed E-state index contributed by atoms with van der Waals surface area (Å²) in [7, 11) is -3.31. The average Bonchev–Trinajstić information content (AvgIpc) is 2.75. The summed E-state index contributed by atoms with van der Waals surface area (Å²) in [6.45, 7) is 3.17. The quantitative estimate of drug-likeness (QED) is 0.512. The van der Waals surface area contributed by atoms with Crippen molar-refractivity contribution in [1.82, 2.24) is 9.03 Å². The third-order valence-corrected chi connectivity index (χ3v) is 7.90. The van der Waals surface area contributed by atoms with Gasteiger partial charge in [0.15, 0.2) is 0 Å². The Hall–Kier alpha value is -2.47. The van der Waals surface area contributed by atoms with Crippen molar-refractivity contribution in [2.24, 2.45) is 5.92 Å². The lowest BCUT2D eigenvalue weighted by molar-refractivity contribution is -0.148. The van der Waals surface area contributed by atoms with E-state index in [2.05, 4.69) is 4.72 Å². The van der Waals surface area contributed by atoms with Crippen LogP contribution in [-0.2, 0) is 36.2 Å². The largest absolute Gasteiger partial charge is 0.497 e. The molecular formula is C21H28N2O7S2. The van der Waals surface area contributed by atoms with Gasteiger partial charge in [0.1, 0.15) is 18.4 Å².